The summed E-state index contributed by atoms with van der Waals surface area (Å²) >= 11 is 1.41. The largest absolute Gasteiger partial charge is 0.481 e. The predicted octanol–water partition coefficient (Wildman–Crippen LogP) is 5.65. The molecule has 6 rings (SSSR count). The molecule has 3 heterocycles. The van der Waals surface area contributed by atoms with Crippen molar-refractivity contribution >= 4 is 27.7 Å². The summed E-state index contributed by atoms with van der Waals surface area (Å²) in [6, 6.07) is 19.7. The highest BCUT2D eigenvalue weighted by Gasteiger charge is 2.36. The maximum atomic E-state index is 15.1. The van der Waals surface area contributed by atoms with Crippen LogP contribution in [0.2, 0.25) is 0 Å². The summed E-state index contributed by atoms with van der Waals surface area (Å²) in [4.78, 5) is 23.5. The van der Waals surface area contributed by atoms with Crippen molar-refractivity contribution < 1.29 is 14.3 Å². The molecule has 1 fully saturated rings. The van der Waals surface area contributed by atoms with Crippen LogP contribution >= 0.6 is 11.3 Å². The van der Waals surface area contributed by atoms with Crippen LogP contribution in [0.1, 0.15) is 29.7 Å². The third-order valence-corrected chi connectivity index (χ3v) is 8.15. The minimum Gasteiger partial charge on any atom is -0.481 e. The zero-order valence-electron chi connectivity index (χ0n) is 19.0. The van der Waals surface area contributed by atoms with E-state index in [0.29, 0.717) is 30.2 Å². The molecule has 0 unspecified atom stereocenters. The summed E-state index contributed by atoms with van der Waals surface area (Å²) < 4.78 is 15.1. The molecule has 0 amide bonds. The van der Waals surface area contributed by atoms with Crippen molar-refractivity contribution in [3.05, 3.63) is 95.5 Å². The molecule has 0 radical (unpaired) electrons. The minimum atomic E-state index is -0.769. The first kappa shape index (κ1) is 22.1. The molecular weight excluding hydrogens is 461 g/mol. The normalized spacial score (nSPS) is 17.6. The molecule has 1 saturated heterocycles. The first-order valence-corrected chi connectivity index (χ1v) is 12.6. The number of pyridine rings is 1. The fourth-order valence-electron chi connectivity index (χ4n) is 5.14. The average molecular weight is 486 g/mol. The van der Waals surface area contributed by atoms with E-state index in [0.717, 1.165) is 34.4 Å². The van der Waals surface area contributed by atoms with Crippen LogP contribution in [0.5, 0.6) is 0 Å². The predicted molar refractivity (Wildman–Crippen MR) is 135 cm³/mol. The first-order chi connectivity index (χ1) is 17.0. The van der Waals surface area contributed by atoms with Gasteiger partial charge in [-0.05, 0) is 48.2 Å². The van der Waals surface area contributed by atoms with Crippen LogP contribution in [0.25, 0.3) is 20.9 Å². The topological polar surface area (TPSA) is 66.3 Å². The van der Waals surface area contributed by atoms with E-state index in [1.165, 1.54) is 23.0 Å². The molecular formula is C28H24FN3O2S. The van der Waals surface area contributed by atoms with Crippen LogP contribution in [-0.4, -0.2) is 39.0 Å². The standard InChI is InChI=1S/C28H24FN3O2S/c29-22-14-18(15-32-16-19(17-32)27(33)34)8-9-21(22)25-30-23-10-11-24(31-26(23)35-25)28(12-4-5-13-28)20-6-2-1-3-7-20/h1-11,14,19H,12-13,15-17H2,(H,33,34). The lowest BCUT2D eigenvalue weighted by Gasteiger charge is -2.36. The third-order valence-electron chi connectivity index (χ3n) is 7.15. The van der Waals surface area contributed by atoms with Gasteiger partial charge in [0.05, 0.1) is 11.6 Å². The van der Waals surface area contributed by atoms with Gasteiger partial charge >= 0.3 is 5.97 Å². The molecule has 7 heteroatoms. The molecule has 1 aliphatic carbocycles. The number of hydrogen-bond donors (Lipinski definition) is 1. The second-order valence-corrected chi connectivity index (χ2v) is 10.4. The summed E-state index contributed by atoms with van der Waals surface area (Å²) in [6.45, 7) is 1.55. The highest BCUT2D eigenvalue weighted by Crippen LogP contribution is 2.43. The van der Waals surface area contributed by atoms with E-state index in [1.807, 2.05) is 23.1 Å². The van der Waals surface area contributed by atoms with Crippen molar-refractivity contribution in [2.45, 2.75) is 24.8 Å². The molecule has 0 bridgehead atoms. The Morgan fingerprint density at radius 3 is 2.54 bits per heavy atom. The van der Waals surface area contributed by atoms with Gasteiger partial charge in [0, 0.05) is 30.6 Å². The number of rotatable bonds is 6. The van der Waals surface area contributed by atoms with Gasteiger partial charge in [-0.3, -0.25) is 9.69 Å². The number of carboxylic acid groups (broad SMARTS) is 1. The quantitative estimate of drug-likeness (QED) is 0.358. The van der Waals surface area contributed by atoms with Gasteiger partial charge in [-0.1, -0.05) is 59.9 Å². The van der Waals surface area contributed by atoms with E-state index in [2.05, 4.69) is 47.5 Å². The van der Waals surface area contributed by atoms with Crippen molar-refractivity contribution in [3.63, 3.8) is 0 Å². The van der Waals surface area contributed by atoms with Gasteiger partial charge in [0.1, 0.15) is 21.2 Å². The third kappa shape index (κ3) is 3.94. The first-order valence-electron chi connectivity index (χ1n) is 11.7. The maximum absolute atomic E-state index is 15.1. The number of halogens is 1. The Morgan fingerprint density at radius 2 is 1.83 bits per heavy atom. The van der Waals surface area contributed by atoms with E-state index in [4.69, 9.17) is 10.1 Å². The van der Waals surface area contributed by atoms with Gasteiger partial charge < -0.3 is 5.11 Å². The van der Waals surface area contributed by atoms with Gasteiger partial charge in [0.2, 0.25) is 0 Å². The number of aromatic nitrogens is 2. The number of allylic oxidation sites excluding steroid dienone is 2. The molecule has 0 spiro atoms. The Bertz CT molecular complexity index is 1440. The fourth-order valence-corrected chi connectivity index (χ4v) is 6.11. The number of thiazole rings is 1. The van der Waals surface area contributed by atoms with Gasteiger partial charge in [0.15, 0.2) is 0 Å². The molecule has 2 aromatic heterocycles. The summed E-state index contributed by atoms with van der Waals surface area (Å²) in [5.74, 6) is -1.41. The summed E-state index contributed by atoms with van der Waals surface area (Å²) in [6.07, 6.45) is 6.24. The van der Waals surface area contributed by atoms with Crippen LogP contribution in [-0.2, 0) is 16.8 Å². The van der Waals surface area contributed by atoms with E-state index in [-0.39, 0.29) is 17.2 Å². The Labute approximate surface area is 206 Å². The number of hydrogen-bond acceptors (Lipinski definition) is 5. The molecule has 1 aliphatic heterocycles. The smallest absolute Gasteiger partial charge is 0.309 e. The minimum absolute atomic E-state index is 0.178. The number of carboxylic acids is 1. The zero-order valence-corrected chi connectivity index (χ0v) is 19.8. The Balaban J connectivity index is 1.27. The molecule has 1 N–H and O–H groups in total. The number of nitrogens with zero attached hydrogens (tertiary/aromatic N) is 3. The highest BCUT2D eigenvalue weighted by atomic mass is 32.1. The second-order valence-electron chi connectivity index (χ2n) is 9.41. The van der Waals surface area contributed by atoms with Crippen molar-refractivity contribution in [1.82, 2.24) is 14.9 Å². The SMILES string of the molecule is O=C(O)C1CN(Cc2ccc(-c3nc4ccc(C5(c6ccccc6)CC=CC5)nc4s3)c(F)c2)C1. The van der Waals surface area contributed by atoms with Crippen molar-refractivity contribution in [1.29, 1.82) is 0 Å². The summed E-state index contributed by atoms with van der Waals surface area (Å²) in [5.41, 5.74) is 4.15. The highest BCUT2D eigenvalue weighted by molar-refractivity contribution is 7.21. The van der Waals surface area contributed by atoms with Gasteiger partial charge in [0.25, 0.3) is 0 Å². The lowest BCUT2D eigenvalue weighted by molar-refractivity contribution is -0.147. The Morgan fingerprint density at radius 1 is 1.06 bits per heavy atom. The molecule has 35 heavy (non-hydrogen) atoms. The monoisotopic (exact) mass is 485 g/mol. The van der Waals surface area contributed by atoms with Crippen LogP contribution in [0.3, 0.4) is 0 Å². The van der Waals surface area contributed by atoms with Crippen LogP contribution in [0.4, 0.5) is 4.39 Å². The summed E-state index contributed by atoms with van der Waals surface area (Å²) in [7, 11) is 0. The average Bonchev–Trinajstić information content (AvgIpc) is 3.49. The zero-order chi connectivity index (χ0) is 24.0. The van der Waals surface area contributed by atoms with Gasteiger partial charge in [-0.2, -0.15) is 0 Å². The van der Waals surface area contributed by atoms with Crippen molar-refractivity contribution in [3.8, 4) is 10.6 Å². The van der Waals surface area contributed by atoms with Gasteiger partial charge in [-0.25, -0.2) is 14.4 Å². The molecule has 2 aromatic carbocycles. The molecule has 5 nitrogen and oxygen atoms in total. The number of aliphatic carboxylic acids is 1. The molecule has 2 aliphatic rings. The van der Waals surface area contributed by atoms with E-state index < -0.39 is 5.97 Å². The Kier molecular flexibility index (Phi) is 5.46. The molecule has 0 atom stereocenters. The van der Waals surface area contributed by atoms with E-state index in [1.54, 1.807) is 6.07 Å². The van der Waals surface area contributed by atoms with Crippen molar-refractivity contribution in [2.75, 3.05) is 13.1 Å². The maximum Gasteiger partial charge on any atom is 0.309 e. The van der Waals surface area contributed by atoms with Crippen LogP contribution in [0.15, 0.2) is 72.8 Å². The van der Waals surface area contributed by atoms with Crippen LogP contribution < -0.4 is 0 Å². The Hall–Kier alpha value is -3.42. The number of likely N-dealkylation sites (tertiary alicyclic amines) is 1. The second kappa shape index (κ2) is 8.66. The number of fused-ring (bicyclic) bond motifs is 1. The van der Waals surface area contributed by atoms with E-state index >= 15 is 4.39 Å². The van der Waals surface area contributed by atoms with Crippen LogP contribution in [0, 0.1) is 11.7 Å². The molecule has 176 valence electrons. The molecule has 4 aromatic rings. The van der Waals surface area contributed by atoms with Gasteiger partial charge in [-0.15, -0.1) is 0 Å². The fraction of sp³-hybridized carbons (Fsp3) is 0.250. The summed E-state index contributed by atoms with van der Waals surface area (Å²) in [5, 5.41) is 9.65. The number of carbonyl (C=O) groups is 1. The number of benzene rings is 2. The lowest BCUT2D eigenvalue weighted by atomic mass is 9.75. The molecule has 0 saturated carbocycles. The van der Waals surface area contributed by atoms with E-state index in [9.17, 15) is 4.79 Å². The van der Waals surface area contributed by atoms with Crippen molar-refractivity contribution in [2.24, 2.45) is 5.92 Å². The lowest BCUT2D eigenvalue weighted by Crippen LogP contribution is -2.49.